The van der Waals surface area contributed by atoms with Crippen LogP contribution in [0.1, 0.15) is 18.1 Å². The molecule has 3 rings (SSSR count). The summed E-state index contributed by atoms with van der Waals surface area (Å²) in [7, 11) is 0. The number of nitrogens with two attached hydrogens (primary N) is 1. The van der Waals surface area contributed by atoms with E-state index in [-0.39, 0.29) is 11.5 Å². The summed E-state index contributed by atoms with van der Waals surface area (Å²) < 4.78 is 2.09. The smallest absolute Gasteiger partial charge is 0.195 e. The minimum absolute atomic E-state index is 0.129. The molecular formula is C17H17NOS. The van der Waals surface area contributed by atoms with Crippen molar-refractivity contribution in [1.29, 1.82) is 0 Å². The molecule has 1 atom stereocenters. The molecule has 20 heavy (non-hydrogen) atoms. The van der Waals surface area contributed by atoms with Crippen LogP contribution in [0.25, 0.3) is 20.2 Å². The molecule has 1 unspecified atom stereocenters. The van der Waals surface area contributed by atoms with E-state index in [4.69, 9.17) is 5.73 Å². The Hall–Kier alpha value is -1.71. The summed E-state index contributed by atoms with van der Waals surface area (Å²) in [5.74, 6) is 0. The first-order chi connectivity index (χ1) is 9.54. The van der Waals surface area contributed by atoms with Gasteiger partial charge in [0.1, 0.15) is 0 Å². The number of benzene rings is 2. The lowest BCUT2D eigenvalue weighted by Crippen LogP contribution is -2.17. The third-order valence-electron chi connectivity index (χ3n) is 3.45. The van der Waals surface area contributed by atoms with Gasteiger partial charge in [0.2, 0.25) is 0 Å². The Labute approximate surface area is 121 Å². The first-order valence-corrected chi connectivity index (χ1v) is 7.58. The monoisotopic (exact) mass is 283 g/mol. The van der Waals surface area contributed by atoms with Crippen molar-refractivity contribution < 1.29 is 0 Å². The van der Waals surface area contributed by atoms with E-state index in [9.17, 15) is 4.79 Å². The zero-order chi connectivity index (χ0) is 14.3. The summed E-state index contributed by atoms with van der Waals surface area (Å²) in [5, 5.41) is 1.63. The molecule has 2 aromatic carbocycles. The maximum Gasteiger partial charge on any atom is 0.195 e. The Morgan fingerprint density at radius 3 is 2.65 bits per heavy atom. The molecule has 0 saturated carbocycles. The fourth-order valence-electron chi connectivity index (χ4n) is 2.51. The Kier molecular flexibility index (Phi) is 3.32. The quantitative estimate of drug-likeness (QED) is 0.730. The predicted octanol–water partition coefficient (Wildman–Crippen LogP) is 3.61. The van der Waals surface area contributed by atoms with Crippen LogP contribution < -0.4 is 11.2 Å². The number of fused-ring (bicyclic) bond motifs is 2. The van der Waals surface area contributed by atoms with Gasteiger partial charge in [-0.25, -0.2) is 0 Å². The van der Waals surface area contributed by atoms with Gasteiger partial charge >= 0.3 is 0 Å². The first-order valence-electron chi connectivity index (χ1n) is 6.76. The lowest BCUT2D eigenvalue weighted by Gasteiger charge is -2.07. The molecule has 0 radical (unpaired) electrons. The highest BCUT2D eigenvalue weighted by atomic mass is 32.1. The van der Waals surface area contributed by atoms with Crippen LogP contribution in [0.5, 0.6) is 0 Å². The molecule has 0 amide bonds. The zero-order valence-electron chi connectivity index (χ0n) is 11.6. The fourth-order valence-corrected chi connectivity index (χ4v) is 3.63. The van der Waals surface area contributed by atoms with E-state index in [2.05, 4.69) is 12.1 Å². The SMILES string of the molecule is Cc1ccc2sc3cc(CC(C)N)ccc3c(=O)c2c1. The maximum atomic E-state index is 12.6. The molecule has 1 aromatic heterocycles. The zero-order valence-corrected chi connectivity index (χ0v) is 12.5. The van der Waals surface area contributed by atoms with Crippen LogP contribution in [0.3, 0.4) is 0 Å². The van der Waals surface area contributed by atoms with Gasteiger partial charge in [-0.3, -0.25) is 4.79 Å². The topological polar surface area (TPSA) is 43.1 Å². The van der Waals surface area contributed by atoms with Gasteiger partial charge in [0.15, 0.2) is 5.43 Å². The van der Waals surface area contributed by atoms with E-state index >= 15 is 0 Å². The predicted molar refractivity (Wildman–Crippen MR) is 87.7 cm³/mol. The van der Waals surface area contributed by atoms with Gasteiger partial charge in [-0.05, 0) is 50.1 Å². The number of aryl methyl sites for hydroxylation is 1. The second kappa shape index (κ2) is 5.00. The molecular weight excluding hydrogens is 266 g/mol. The molecule has 0 aliphatic heterocycles. The highest BCUT2D eigenvalue weighted by molar-refractivity contribution is 7.24. The average molecular weight is 283 g/mol. The van der Waals surface area contributed by atoms with Crippen molar-refractivity contribution in [2.75, 3.05) is 0 Å². The van der Waals surface area contributed by atoms with Crippen LogP contribution in [0, 0.1) is 6.92 Å². The van der Waals surface area contributed by atoms with Crippen LogP contribution in [0.2, 0.25) is 0 Å². The molecule has 2 nitrogen and oxygen atoms in total. The van der Waals surface area contributed by atoms with Crippen molar-refractivity contribution in [3.8, 4) is 0 Å². The second-order valence-electron chi connectivity index (χ2n) is 5.44. The molecule has 3 aromatic rings. The molecule has 1 heterocycles. The Morgan fingerprint density at radius 1 is 1.10 bits per heavy atom. The largest absolute Gasteiger partial charge is 0.328 e. The second-order valence-corrected chi connectivity index (χ2v) is 6.53. The Bertz CT molecular complexity index is 849. The minimum atomic E-state index is 0.129. The molecule has 0 aliphatic rings. The molecule has 2 N–H and O–H groups in total. The number of hydrogen-bond donors (Lipinski definition) is 1. The lowest BCUT2D eigenvalue weighted by atomic mass is 10.1. The number of rotatable bonds is 2. The Balaban J connectivity index is 2.29. The van der Waals surface area contributed by atoms with Crippen LogP contribution >= 0.6 is 11.3 Å². The summed E-state index contributed by atoms with van der Waals surface area (Å²) in [6.07, 6.45) is 0.836. The molecule has 102 valence electrons. The van der Waals surface area contributed by atoms with E-state index in [1.165, 1.54) is 5.56 Å². The summed E-state index contributed by atoms with van der Waals surface area (Å²) in [4.78, 5) is 12.6. The van der Waals surface area contributed by atoms with Crippen molar-refractivity contribution in [3.05, 3.63) is 57.7 Å². The molecule has 3 heteroatoms. The Morgan fingerprint density at radius 2 is 1.90 bits per heavy atom. The van der Waals surface area contributed by atoms with E-state index in [1.54, 1.807) is 11.3 Å². The van der Waals surface area contributed by atoms with E-state index in [0.717, 1.165) is 32.2 Å². The summed E-state index contributed by atoms with van der Waals surface area (Å²) in [5.41, 5.74) is 8.29. The van der Waals surface area contributed by atoms with Gasteiger partial charge in [0.05, 0.1) is 0 Å². The van der Waals surface area contributed by atoms with Crippen LogP contribution in [-0.2, 0) is 6.42 Å². The van der Waals surface area contributed by atoms with Gasteiger partial charge in [-0.15, -0.1) is 11.3 Å². The highest BCUT2D eigenvalue weighted by Gasteiger charge is 2.07. The first kappa shape index (κ1) is 13.3. The van der Waals surface area contributed by atoms with Crippen LogP contribution in [0.4, 0.5) is 0 Å². The van der Waals surface area contributed by atoms with E-state index in [0.29, 0.717) is 0 Å². The third-order valence-corrected chi connectivity index (χ3v) is 4.58. The van der Waals surface area contributed by atoms with Crippen LogP contribution in [0.15, 0.2) is 41.2 Å². The van der Waals surface area contributed by atoms with Crippen molar-refractivity contribution in [2.24, 2.45) is 5.73 Å². The molecule has 0 aliphatic carbocycles. The molecule has 0 spiro atoms. The van der Waals surface area contributed by atoms with Gasteiger partial charge in [-0.1, -0.05) is 17.7 Å². The lowest BCUT2D eigenvalue weighted by molar-refractivity contribution is 0.739. The van der Waals surface area contributed by atoms with E-state index in [1.807, 2.05) is 38.1 Å². The van der Waals surface area contributed by atoms with Gasteiger partial charge in [0, 0.05) is 26.2 Å². The van der Waals surface area contributed by atoms with Crippen molar-refractivity contribution in [2.45, 2.75) is 26.3 Å². The standard InChI is InChI=1S/C17H17NOS/c1-10-3-6-15-14(7-10)17(19)13-5-4-12(8-11(2)18)9-16(13)20-15/h3-7,9,11H,8,18H2,1-2H3. The van der Waals surface area contributed by atoms with Crippen molar-refractivity contribution in [3.63, 3.8) is 0 Å². The summed E-state index contributed by atoms with van der Waals surface area (Å²) in [6.45, 7) is 4.01. The van der Waals surface area contributed by atoms with Crippen molar-refractivity contribution >= 4 is 31.5 Å². The van der Waals surface area contributed by atoms with Gasteiger partial charge in [0.25, 0.3) is 0 Å². The average Bonchev–Trinajstić information content (AvgIpc) is 2.39. The van der Waals surface area contributed by atoms with Crippen molar-refractivity contribution in [1.82, 2.24) is 0 Å². The third kappa shape index (κ3) is 2.35. The fraction of sp³-hybridized carbons (Fsp3) is 0.235. The molecule has 0 fully saturated rings. The molecule has 0 bridgehead atoms. The highest BCUT2D eigenvalue weighted by Crippen LogP contribution is 2.26. The van der Waals surface area contributed by atoms with Crippen LogP contribution in [-0.4, -0.2) is 6.04 Å². The summed E-state index contributed by atoms with van der Waals surface area (Å²) >= 11 is 1.67. The van der Waals surface area contributed by atoms with E-state index < -0.39 is 0 Å². The molecule has 0 saturated heterocycles. The van der Waals surface area contributed by atoms with Gasteiger partial charge < -0.3 is 5.73 Å². The maximum absolute atomic E-state index is 12.6. The summed E-state index contributed by atoms with van der Waals surface area (Å²) in [6, 6.07) is 12.2. The minimum Gasteiger partial charge on any atom is -0.328 e. The number of hydrogen-bond acceptors (Lipinski definition) is 3. The normalized spacial score (nSPS) is 12.9. The van der Waals surface area contributed by atoms with Gasteiger partial charge in [-0.2, -0.15) is 0 Å².